The number of aromatic nitrogens is 1. The van der Waals surface area contributed by atoms with Gasteiger partial charge in [0.1, 0.15) is 5.58 Å². The molecule has 0 saturated carbocycles. The monoisotopic (exact) mass is 410 g/mol. The van der Waals surface area contributed by atoms with E-state index in [0.717, 1.165) is 15.8 Å². The Morgan fingerprint density at radius 1 is 0.867 bits per heavy atom. The van der Waals surface area contributed by atoms with Crippen molar-refractivity contribution in [1.82, 2.24) is 4.98 Å². The van der Waals surface area contributed by atoms with Gasteiger partial charge >= 0.3 is 0 Å². The number of rotatable bonds is 2. The Morgan fingerprint density at radius 2 is 1.60 bits per heavy atom. The molecule has 6 heteroatoms. The van der Waals surface area contributed by atoms with E-state index in [1.165, 1.54) is 11.3 Å². The van der Waals surface area contributed by atoms with Crippen LogP contribution in [0, 0.1) is 0 Å². The normalized spacial score (nSPS) is 15.8. The SMILES string of the molecule is O=C1c2oc3ccccc3c(=O)c2[C@H](c2ccccc2)N1c1nc2ccccc2s1. The molecule has 3 heterocycles. The third-order valence-electron chi connectivity index (χ3n) is 5.38. The zero-order valence-corrected chi connectivity index (χ0v) is 16.4. The molecule has 0 radical (unpaired) electrons. The van der Waals surface area contributed by atoms with Crippen LogP contribution in [0.5, 0.6) is 0 Å². The number of benzene rings is 3. The van der Waals surface area contributed by atoms with E-state index in [4.69, 9.17) is 4.42 Å². The molecular formula is C24H14N2O3S. The van der Waals surface area contributed by atoms with Crippen molar-refractivity contribution in [3.05, 3.63) is 106 Å². The standard InChI is InChI=1S/C24H14N2O3S/c27-21-15-10-4-6-12-17(15)29-22-19(21)20(14-8-2-1-3-9-14)26(23(22)28)24-25-16-11-5-7-13-18(16)30-24/h1-13,20H/t20-/m0/s1. The lowest BCUT2D eigenvalue weighted by molar-refractivity contribution is 0.0971. The van der Waals surface area contributed by atoms with E-state index in [-0.39, 0.29) is 17.1 Å². The molecule has 5 nitrogen and oxygen atoms in total. The van der Waals surface area contributed by atoms with Crippen molar-refractivity contribution in [3.63, 3.8) is 0 Å². The van der Waals surface area contributed by atoms with Gasteiger partial charge in [-0.25, -0.2) is 4.98 Å². The van der Waals surface area contributed by atoms with E-state index in [9.17, 15) is 9.59 Å². The number of amides is 1. The van der Waals surface area contributed by atoms with Gasteiger partial charge in [0.25, 0.3) is 5.91 Å². The molecule has 30 heavy (non-hydrogen) atoms. The van der Waals surface area contributed by atoms with Crippen LogP contribution in [0.4, 0.5) is 5.13 Å². The predicted octanol–water partition coefficient (Wildman–Crippen LogP) is 5.15. The lowest BCUT2D eigenvalue weighted by atomic mass is 9.99. The smallest absolute Gasteiger partial charge is 0.297 e. The minimum atomic E-state index is -0.588. The maximum Gasteiger partial charge on any atom is 0.297 e. The van der Waals surface area contributed by atoms with E-state index in [2.05, 4.69) is 4.98 Å². The summed E-state index contributed by atoms with van der Waals surface area (Å²) in [4.78, 5) is 33.2. The van der Waals surface area contributed by atoms with Crippen LogP contribution in [0.1, 0.15) is 27.7 Å². The number of thiazole rings is 1. The first-order chi connectivity index (χ1) is 14.7. The zero-order chi connectivity index (χ0) is 20.2. The van der Waals surface area contributed by atoms with Crippen molar-refractivity contribution in [2.75, 3.05) is 4.90 Å². The molecule has 0 unspecified atom stereocenters. The Bertz CT molecular complexity index is 1470. The molecule has 2 aromatic heterocycles. The van der Waals surface area contributed by atoms with Gasteiger partial charge in [0.15, 0.2) is 10.6 Å². The van der Waals surface area contributed by atoms with Crippen molar-refractivity contribution in [3.8, 4) is 0 Å². The average molecular weight is 410 g/mol. The average Bonchev–Trinajstić information content (AvgIpc) is 3.33. The molecule has 0 N–H and O–H groups in total. The van der Waals surface area contributed by atoms with E-state index in [1.807, 2.05) is 54.6 Å². The van der Waals surface area contributed by atoms with Gasteiger partial charge in [-0.05, 0) is 29.8 Å². The molecule has 144 valence electrons. The summed E-state index contributed by atoms with van der Waals surface area (Å²) in [5, 5.41) is 1.01. The highest BCUT2D eigenvalue weighted by Crippen LogP contribution is 2.43. The Morgan fingerprint density at radius 3 is 2.43 bits per heavy atom. The van der Waals surface area contributed by atoms with Gasteiger partial charge in [-0.1, -0.05) is 65.9 Å². The summed E-state index contributed by atoms with van der Waals surface area (Å²) in [6.45, 7) is 0. The number of carbonyl (C=O) groups excluding carboxylic acids is 1. The second kappa shape index (κ2) is 6.37. The molecule has 3 aromatic carbocycles. The molecular weight excluding hydrogens is 396 g/mol. The van der Waals surface area contributed by atoms with E-state index in [1.54, 1.807) is 29.2 Å². The van der Waals surface area contributed by atoms with Crippen LogP contribution in [0.3, 0.4) is 0 Å². The van der Waals surface area contributed by atoms with Gasteiger partial charge in [-0.15, -0.1) is 0 Å². The summed E-state index contributed by atoms with van der Waals surface area (Å²) < 4.78 is 6.94. The highest BCUT2D eigenvalue weighted by atomic mass is 32.1. The number of fused-ring (bicyclic) bond motifs is 3. The first-order valence-corrected chi connectivity index (χ1v) is 10.3. The van der Waals surface area contributed by atoms with Gasteiger partial charge in [0, 0.05) is 0 Å². The molecule has 1 atom stereocenters. The van der Waals surface area contributed by atoms with Crippen molar-refractivity contribution in [1.29, 1.82) is 0 Å². The number of carbonyl (C=O) groups is 1. The van der Waals surface area contributed by atoms with Gasteiger partial charge < -0.3 is 4.42 Å². The molecule has 5 aromatic rings. The molecule has 1 aliphatic heterocycles. The van der Waals surface area contributed by atoms with E-state index in [0.29, 0.717) is 21.7 Å². The van der Waals surface area contributed by atoms with Crippen LogP contribution in [-0.4, -0.2) is 10.9 Å². The summed E-state index contributed by atoms with van der Waals surface area (Å²) in [6.07, 6.45) is 0. The Kier molecular flexibility index (Phi) is 3.63. The van der Waals surface area contributed by atoms with Crippen molar-refractivity contribution in [2.45, 2.75) is 6.04 Å². The number of nitrogens with zero attached hydrogens (tertiary/aromatic N) is 2. The largest absolute Gasteiger partial charge is 0.450 e. The van der Waals surface area contributed by atoms with Gasteiger partial charge in [0.2, 0.25) is 5.76 Å². The molecule has 0 bridgehead atoms. The molecule has 0 fully saturated rings. The highest BCUT2D eigenvalue weighted by molar-refractivity contribution is 7.22. The number of anilines is 1. The summed E-state index contributed by atoms with van der Waals surface area (Å²) in [6, 6.07) is 23.7. The molecule has 0 aliphatic carbocycles. The lowest BCUT2D eigenvalue weighted by Gasteiger charge is -2.22. The van der Waals surface area contributed by atoms with E-state index >= 15 is 0 Å². The van der Waals surface area contributed by atoms with Crippen LogP contribution in [0.2, 0.25) is 0 Å². The zero-order valence-electron chi connectivity index (χ0n) is 15.6. The van der Waals surface area contributed by atoms with Crippen LogP contribution in [0.15, 0.2) is 88.1 Å². The first-order valence-electron chi connectivity index (χ1n) is 9.52. The number of hydrogen-bond acceptors (Lipinski definition) is 5. The minimum Gasteiger partial charge on any atom is -0.450 e. The summed E-state index contributed by atoms with van der Waals surface area (Å²) in [7, 11) is 0. The summed E-state index contributed by atoms with van der Waals surface area (Å²) in [5.41, 5.74) is 2.25. The van der Waals surface area contributed by atoms with Crippen molar-refractivity contribution in [2.24, 2.45) is 0 Å². The van der Waals surface area contributed by atoms with Crippen molar-refractivity contribution >= 4 is 43.6 Å². The predicted molar refractivity (Wildman–Crippen MR) is 117 cm³/mol. The number of hydrogen-bond donors (Lipinski definition) is 0. The van der Waals surface area contributed by atoms with Crippen molar-refractivity contribution < 1.29 is 9.21 Å². The molecule has 6 rings (SSSR count). The molecule has 1 aliphatic rings. The van der Waals surface area contributed by atoms with Crippen LogP contribution in [-0.2, 0) is 0 Å². The third-order valence-corrected chi connectivity index (χ3v) is 6.42. The van der Waals surface area contributed by atoms with Crippen LogP contribution in [0.25, 0.3) is 21.2 Å². The summed E-state index contributed by atoms with van der Waals surface area (Å²) >= 11 is 1.43. The third kappa shape index (κ3) is 2.37. The molecule has 1 amide bonds. The van der Waals surface area contributed by atoms with Crippen LogP contribution < -0.4 is 10.3 Å². The van der Waals surface area contributed by atoms with Gasteiger partial charge in [-0.3, -0.25) is 14.5 Å². The fourth-order valence-corrected chi connectivity index (χ4v) is 5.02. The Labute approximate surface area is 174 Å². The maximum atomic E-state index is 13.5. The second-order valence-electron chi connectivity index (χ2n) is 7.12. The van der Waals surface area contributed by atoms with Gasteiger partial charge in [-0.2, -0.15) is 0 Å². The molecule has 0 spiro atoms. The highest BCUT2D eigenvalue weighted by Gasteiger charge is 2.44. The lowest BCUT2D eigenvalue weighted by Crippen LogP contribution is -2.29. The topological polar surface area (TPSA) is 63.4 Å². The van der Waals surface area contributed by atoms with Crippen LogP contribution >= 0.6 is 11.3 Å². The fourth-order valence-electron chi connectivity index (χ4n) is 4.03. The van der Waals surface area contributed by atoms with E-state index < -0.39 is 6.04 Å². The Hall–Kier alpha value is -3.77. The quantitative estimate of drug-likeness (QED) is 0.404. The number of para-hydroxylation sites is 2. The fraction of sp³-hybridized carbons (Fsp3) is 0.0417. The summed E-state index contributed by atoms with van der Waals surface area (Å²) in [5.74, 6) is -0.257. The Balaban J connectivity index is 1.66. The first kappa shape index (κ1) is 17.1. The van der Waals surface area contributed by atoms with Gasteiger partial charge in [0.05, 0.1) is 27.2 Å². The maximum absolute atomic E-state index is 13.5. The molecule has 0 saturated heterocycles. The minimum absolute atomic E-state index is 0.0896. The second-order valence-corrected chi connectivity index (χ2v) is 8.13.